The second-order valence-corrected chi connectivity index (χ2v) is 5.18. The molecule has 1 fully saturated rings. The van der Waals surface area contributed by atoms with Crippen LogP contribution in [0.4, 0.5) is 0 Å². The maximum atomic E-state index is 6.01. The zero-order valence-corrected chi connectivity index (χ0v) is 8.68. The van der Waals surface area contributed by atoms with E-state index in [9.17, 15) is 0 Å². The molecule has 0 amide bonds. The van der Waals surface area contributed by atoms with E-state index in [4.69, 9.17) is 10.5 Å². The molecule has 1 heterocycles. The third kappa shape index (κ3) is 1.99. The van der Waals surface area contributed by atoms with Gasteiger partial charge in [-0.1, -0.05) is 13.8 Å². The van der Waals surface area contributed by atoms with E-state index in [2.05, 4.69) is 27.7 Å². The van der Waals surface area contributed by atoms with Crippen LogP contribution in [0, 0.1) is 11.3 Å². The molecule has 0 radical (unpaired) electrons. The summed E-state index contributed by atoms with van der Waals surface area (Å²) in [6.45, 7) is 10.5. The molecule has 0 saturated carbocycles. The highest BCUT2D eigenvalue weighted by Gasteiger charge is 2.44. The molecule has 72 valence electrons. The Bertz CT molecular complexity index is 154. The second kappa shape index (κ2) is 3.00. The van der Waals surface area contributed by atoms with Crippen molar-refractivity contribution in [2.45, 2.75) is 39.7 Å². The number of nitrogens with two attached hydrogens (primary N) is 1. The third-order valence-corrected chi connectivity index (χ3v) is 2.81. The maximum absolute atomic E-state index is 6.01. The highest BCUT2D eigenvalue weighted by Crippen LogP contribution is 2.41. The largest absolute Gasteiger partial charge is 0.380 e. The van der Waals surface area contributed by atoms with Gasteiger partial charge in [0, 0.05) is 11.0 Å². The summed E-state index contributed by atoms with van der Waals surface area (Å²) in [5.74, 6) is 0.675. The summed E-state index contributed by atoms with van der Waals surface area (Å²) in [6.07, 6.45) is 1.07. The minimum atomic E-state index is -0.0615. The molecule has 1 saturated heterocycles. The lowest BCUT2D eigenvalue weighted by Crippen LogP contribution is -2.52. The van der Waals surface area contributed by atoms with Gasteiger partial charge in [0.1, 0.15) is 0 Å². The highest BCUT2D eigenvalue weighted by molar-refractivity contribution is 4.94. The monoisotopic (exact) mass is 171 g/mol. The molecule has 0 aromatic heterocycles. The molecule has 0 atom stereocenters. The zero-order chi connectivity index (χ0) is 9.41. The van der Waals surface area contributed by atoms with Crippen LogP contribution in [0.15, 0.2) is 0 Å². The predicted molar refractivity (Wildman–Crippen MR) is 51.0 cm³/mol. The van der Waals surface area contributed by atoms with Gasteiger partial charge in [0.15, 0.2) is 0 Å². The topological polar surface area (TPSA) is 35.2 Å². The van der Waals surface area contributed by atoms with Gasteiger partial charge in [0.05, 0.1) is 13.2 Å². The van der Waals surface area contributed by atoms with Gasteiger partial charge in [-0.15, -0.1) is 0 Å². The molecule has 0 spiro atoms. The maximum Gasteiger partial charge on any atom is 0.0547 e. The first-order chi connectivity index (χ1) is 5.36. The summed E-state index contributed by atoms with van der Waals surface area (Å²) in [5, 5.41) is 0. The van der Waals surface area contributed by atoms with Crippen LogP contribution in [0.5, 0.6) is 0 Å². The predicted octanol–water partition coefficient (Wildman–Crippen LogP) is 1.79. The Labute approximate surface area is 75.5 Å². The number of ether oxygens (including phenoxy) is 1. The van der Waals surface area contributed by atoms with Crippen molar-refractivity contribution in [2.75, 3.05) is 13.2 Å². The van der Waals surface area contributed by atoms with Crippen LogP contribution >= 0.6 is 0 Å². The number of hydrogen-bond donors (Lipinski definition) is 1. The van der Waals surface area contributed by atoms with Crippen molar-refractivity contribution in [1.29, 1.82) is 0 Å². The van der Waals surface area contributed by atoms with E-state index >= 15 is 0 Å². The summed E-state index contributed by atoms with van der Waals surface area (Å²) in [5.41, 5.74) is 6.31. The molecule has 0 bridgehead atoms. The Morgan fingerprint density at radius 1 is 1.42 bits per heavy atom. The van der Waals surface area contributed by atoms with Crippen LogP contribution in [0.3, 0.4) is 0 Å². The first-order valence-corrected chi connectivity index (χ1v) is 4.72. The quantitative estimate of drug-likeness (QED) is 0.702. The van der Waals surface area contributed by atoms with Crippen molar-refractivity contribution in [3.63, 3.8) is 0 Å². The van der Waals surface area contributed by atoms with Crippen molar-refractivity contribution in [2.24, 2.45) is 17.1 Å². The van der Waals surface area contributed by atoms with E-state index in [1.165, 1.54) is 0 Å². The molecule has 2 N–H and O–H groups in total. The molecular weight excluding hydrogens is 150 g/mol. The Hall–Kier alpha value is -0.0800. The van der Waals surface area contributed by atoms with Crippen LogP contribution in [-0.4, -0.2) is 18.8 Å². The van der Waals surface area contributed by atoms with Crippen molar-refractivity contribution >= 4 is 0 Å². The van der Waals surface area contributed by atoms with Crippen molar-refractivity contribution in [1.82, 2.24) is 0 Å². The van der Waals surface area contributed by atoms with E-state index in [-0.39, 0.29) is 5.54 Å². The van der Waals surface area contributed by atoms with Crippen LogP contribution < -0.4 is 5.73 Å². The van der Waals surface area contributed by atoms with E-state index in [1.807, 2.05) is 0 Å². The smallest absolute Gasteiger partial charge is 0.0547 e. The summed E-state index contributed by atoms with van der Waals surface area (Å²) < 4.78 is 5.29. The molecule has 2 nitrogen and oxygen atoms in total. The van der Waals surface area contributed by atoms with Gasteiger partial charge in [-0.25, -0.2) is 0 Å². The average molecular weight is 171 g/mol. The van der Waals surface area contributed by atoms with Crippen LogP contribution in [0.2, 0.25) is 0 Å². The van der Waals surface area contributed by atoms with Crippen molar-refractivity contribution in [3.8, 4) is 0 Å². The van der Waals surface area contributed by atoms with Crippen LogP contribution in [0.25, 0.3) is 0 Å². The Morgan fingerprint density at radius 2 is 1.92 bits per heavy atom. The van der Waals surface area contributed by atoms with Gasteiger partial charge in [-0.2, -0.15) is 0 Å². The third-order valence-electron chi connectivity index (χ3n) is 2.81. The van der Waals surface area contributed by atoms with Gasteiger partial charge < -0.3 is 10.5 Å². The lowest BCUT2D eigenvalue weighted by Gasteiger charge is -2.48. The Kier molecular flexibility index (Phi) is 2.50. The molecule has 2 heteroatoms. The van der Waals surface area contributed by atoms with Gasteiger partial charge in [0.2, 0.25) is 0 Å². The fourth-order valence-electron chi connectivity index (χ4n) is 1.91. The molecule has 1 rings (SSSR count). The van der Waals surface area contributed by atoms with E-state index in [0.717, 1.165) is 19.6 Å². The van der Waals surface area contributed by atoms with E-state index < -0.39 is 0 Å². The lowest BCUT2D eigenvalue weighted by atomic mass is 9.68. The normalized spacial score (nSPS) is 22.5. The van der Waals surface area contributed by atoms with Gasteiger partial charge in [-0.3, -0.25) is 0 Å². The average Bonchev–Trinajstić information content (AvgIpc) is 1.75. The molecule has 0 aromatic rings. The molecule has 0 unspecified atom stereocenters. The second-order valence-electron chi connectivity index (χ2n) is 5.18. The summed E-state index contributed by atoms with van der Waals surface area (Å²) >= 11 is 0. The molecular formula is C10H21NO. The summed E-state index contributed by atoms with van der Waals surface area (Å²) in [7, 11) is 0. The Morgan fingerprint density at radius 3 is 2.00 bits per heavy atom. The van der Waals surface area contributed by atoms with Crippen LogP contribution in [0.1, 0.15) is 34.1 Å². The van der Waals surface area contributed by atoms with Crippen molar-refractivity contribution < 1.29 is 4.74 Å². The SMILES string of the molecule is CC(C)C1(CC(C)(C)N)COC1. The van der Waals surface area contributed by atoms with Gasteiger partial charge >= 0.3 is 0 Å². The van der Waals surface area contributed by atoms with Gasteiger partial charge in [0.25, 0.3) is 0 Å². The van der Waals surface area contributed by atoms with Crippen LogP contribution in [-0.2, 0) is 4.74 Å². The zero-order valence-electron chi connectivity index (χ0n) is 8.68. The minimum absolute atomic E-state index is 0.0615. The molecule has 1 aliphatic rings. The number of rotatable bonds is 3. The minimum Gasteiger partial charge on any atom is -0.380 e. The number of hydrogen-bond acceptors (Lipinski definition) is 2. The Balaban J connectivity index is 2.57. The first-order valence-electron chi connectivity index (χ1n) is 4.72. The van der Waals surface area contributed by atoms with E-state index in [0.29, 0.717) is 11.3 Å². The molecule has 0 aliphatic carbocycles. The highest BCUT2D eigenvalue weighted by atomic mass is 16.5. The molecule has 12 heavy (non-hydrogen) atoms. The summed E-state index contributed by atoms with van der Waals surface area (Å²) in [4.78, 5) is 0. The fourth-order valence-corrected chi connectivity index (χ4v) is 1.91. The van der Waals surface area contributed by atoms with E-state index in [1.54, 1.807) is 0 Å². The summed E-state index contributed by atoms with van der Waals surface area (Å²) in [6, 6.07) is 0. The molecule has 0 aromatic carbocycles. The van der Waals surface area contributed by atoms with Gasteiger partial charge in [-0.05, 0) is 26.2 Å². The fraction of sp³-hybridized carbons (Fsp3) is 1.00. The van der Waals surface area contributed by atoms with Crippen molar-refractivity contribution in [3.05, 3.63) is 0 Å². The standard InChI is InChI=1S/C10H21NO/c1-8(2)10(6-12-7-10)5-9(3,4)11/h8H,5-7,11H2,1-4H3. The molecule has 1 aliphatic heterocycles. The first kappa shape index (κ1) is 10.0. The lowest BCUT2D eigenvalue weighted by molar-refractivity contribution is -0.150.